The highest BCUT2D eigenvalue weighted by molar-refractivity contribution is 5.20. The van der Waals surface area contributed by atoms with Gasteiger partial charge >= 0.3 is 0 Å². The van der Waals surface area contributed by atoms with Crippen molar-refractivity contribution in [3.63, 3.8) is 0 Å². The Bertz CT molecular complexity index is 390. The third kappa shape index (κ3) is 6.99. The SMILES string of the molecule is CCC(C)(C)CC(OCCOc1ccccc1)C(C)(C)C. The molecule has 0 saturated heterocycles. The minimum absolute atomic E-state index is 0.152. The zero-order valence-corrected chi connectivity index (χ0v) is 14.6. The number of rotatable bonds is 8. The van der Waals surface area contributed by atoms with Crippen molar-refractivity contribution >= 4 is 0 Å². The van der Waals surface area contributed by atoms with Crippen molar-refractivity contribution in [2.24, 2.45) is 10.8 Å². The van der Waals surface area contributed by atoms with Crippen LogP contribution < -0.4 is 4.74 Å². The molecule has 120 valence electrons. The highest BCUT2D eigenvalue weighted by Gasteiger charge is 2.31. The molecule has 0 saturated carbocycles. The van der Waals surface area contributed by atoms with E-state index in [0.29, 0.717) is 18.6 Å². The van der Waals surface area contributed by atoms with E-state index >= 15 is 0 Å². The Labute approximate surface area is 130 Å². The topological polar surface area (TPSA) is 18.5 Å². The summed E-state index contributed by atoms with van der Waals surface area (Å²) in [6.07, 6.45) is 2.51. The Balaban J connectivity index is 2.43. The molecule has 0 amide bonds. The van der Waals surface area contributed by atoms with Crippen LogP contribution in [-0.4, -0.2) is 19.3 Å². The zero-order chi connectivity index (χ0) is 15.9. The summed E-state index contributed by atoms with van der Waals surface area (Å²) in [5, 5.41) is 0. The van der Waals surface area contributed by atoms with Gasteiger partial charge in [-0.05, 0) is 29.4 Å². The predicted molar refractivity (Wildman–Crippen MR) is 89.8 cm³/mol. The second kappa shape index (κ2) is 7.84. The van der Waals surface area contributed by atoms with Crippen molar-refractivity contribution in [2.45, 2.75) is 60.5 Å². The molecule has 21 heavy (non-hydrogen) atoms. The molecule has 1 unspecified atom stereocenters. The van der Waals surface area contributed by atoms with Gasteiger partial charge in [-0.25, -0.2) is 0 Å². The van der Waals surface area contributed by atoms with Crippen molar-refractivity contribution in [1.29, 1.82) is 0 Å². The van der Waals surface area contributed by atoms with Crippen molar-refractivity contribution in [2.75, 3.05) is 13.2 Å². The van der Waals surface area contributed by atoms with E-state index in [4.69, 9.17) is 9.47 Å². The summed E-state index contributed by atoms with van der Waals surface area (Å²) in [6, 6.07) is 9.91. The first kappa shape index (κ1) is 18.0. The van der Waals surface area contributed by atoms with Crippen molar-refractivity contribution in [1.82, 2.24) is 0 Å². The van der Waals surface area contributed by atoms with Crippen molar-refractivity contribution < 1.29 is 9.47 Å². The van der Waals surface area contributed by atoms with E-state index in [0.717, 1.165) is 12.2 Å². The Morgan fingerprint density at radius 3 is 2.10 bits per heavy atom. The second-order valence-electron chi connectivity index (χ2n) is 7.61. The van der Waals surface area contributed by atoms with Gasteiger partial charge in [0.05, 0.1) is 12.7 Å². The van der Waals surface area contributed by atoms with E-state index in [-0.39, 0.29) is 11.5 Å². The molecule has 0 aromatic heterocycles. The fourth-order valence-electron chi connectivity index (χ4n) is 2.13. The van der Waals surface area contributed by atoms with E-state index in [1.54, 1.807) is 0 Å². The highest BCUT2D eigenvalue weighted by Crippen LogP contribution is 2.35. The van der Waals surface area contributed by atoms with Crippen LogP contribution in [0.25, 0.3) is 0 Å². The molecule has 1 atom stereocenters. The molecule has 0 aliphatic rings. The first-order chi connectivity index (χ1) is 9.74. The first-order valence-electron chi connectivity index (χ1n) is 8.04. The molecule has 0 aliphatic heterocycles. The van der Waals surface area contributed by atoms with Crippen LogP contribution in [-0.2, 0) is 4.74 Å². The Kier molecular flexibility index (Phi) is 6.73. The van der Waals surface area contributed by atoms with Gasteiger partial charge in [0.25, 0.3) is 0 Å². The summed E-state index contributed by atoms with van der Waals surface area (Å²) < 4.78 is 11.8. The third-order valence-corrected chi connectivity index (χ3v) is 4.08. The van der Waals surface area contributed by atoms with Crippen LogP contribution in [0.5, 0.6) is 5.75 Å². The first-order valence-corrected chi connectivity index (χ1v) is 8.04. The zero-order valence-electron chi connectivity index (χ0n) is 14.6. The Morgan fingerprint density at radius 2 is 1.57 bits per heavy atom. The molecule has 0 N–H and O–H groups in total. The van der Waals surface area contributed by atoms with Gasteiger partial charge in [0, 0.05) is 0 Å². The smallest absolute Gasteiger partial charge is 0.119 e. The lowest BCUT2D eigenvalue weighted by Gasteiger charge is -2.36. The number of hydrogen-bond donors (Lipinski definition) is 0. The molecule has 0 spiro atoms. The molecule has 2 heteroatoms. The molecule has 0 fully saturated rings. The van der Waals surface area contributed by atoms with Gasteiger partial charge in [0.1, 0.15) is 12.4 Å². The predicted octanol–water partition coefficient (Wildman–Crippen LogP) is 5.32. The second-order valence-corrected chi connectivity index (χ2v) is 7.61. The van der Waals surface area contributed by atoms with E-state index in [1.165, 1.54) is 6.42 Å². The van der Waals surface area contributed by atoms with Gasteiger partial charge in [0.2, 0.25) is 0 Å². The minimum atomic E-state index is 0.152. The third-order valence-electron chi connectivity index (χ3n) is 4.08. The number of hydrogen-bond acceptors (Lipinski definition) is 2. The Hall–Kier alpha value is -1.02. The number of para-hydroxylation sites is 1. The van der Waals surface area contributed by atoms with Gasteiger partial charge in [-0.2, -0.15) is 0 Å². The van der Waals surface area contributed by atoms with Crippen molar-refractivity contribution in [3.05, 3.63) is 30.3 Å². The summed E-state index contributed by atoms with van der Waals surface area (Å²) in [6.45, 7) is 14.9. The monoisotopic (exact) mass is 292 g/mol. The standard InChI is InChI=1S/C19H32O2/c1-7-19(5,6)15-17(18(2,3)4)21-14-13-20-16-11-9-8-10-12-16/h8-12,17H,7,13-15H2,1-6H3. The lowest BCUT2D eigenvalue weighted by Crippen LogP contribution is -2.35. The van der Waals surface area contributed by atoms with Gasteiger partial charge in [-0.15, -0.1) is 0 Å². The van der Waals surface area contributed by atoms with Crippen LogP contribution in [0.3, 0.4) is 0 Å². The lowest BCUT2D eigenvalue weighted by atomic mass is 9.76. The van der Waals surface area contributed by atoms with Crippen LogP contribution in [0.1, 0.15) is 54.4 Å². The summed E-state index contributed by atoms with van der Waals surface area (Å²) in [4.78, 5) is 0. The maximum Gasteiger partial charge on any atom is 0.119 e. The summed E-state index contributed by atoms with van der Waals surface area (Å²) in [7, 11) is 0. The quantitative estimate of drug-likeness (QED) is 0.603. The summed E-state index contributed by atoms with van der Waals surface area (Å²) >= 11 is 0. The maximum absolute atomic E-state index is 6.14. The molecule has 1 aromatic rings. The van der Waals surface area contributed by atoms with Gasteiger partial charge in [-0.3, -0.25) is 0 Å². The van der Waals surface area contributed by atoms with Gasteiger partial charge in [0.15, 0.2) is 0 Å². The summed E-state index contributed by atoms with van der Waals surface area (Å²) in [5.74, 6) is 0.905. The van der Waals surface area contributed by atoms with Crippen LogP contribution in [0.15, 0.2) is 30.3 Å². The van der Waals surface area contributed by atoms with Crippen LogP contribution in [0, 0.1) is 10.8 Å². The van der Waals surface area contributed by atoms with E-state index < -0.39 is 0 Å². The molecule has 1 rings (SSSR count). The lowest BCUT2D eigenvalue weighted by molar-refractivity contribution is -0.0515. The summed E-state index contributed by atoms with van der Waals surface area (Å²) in [5.41, 5.74) is 0.470. The molecule has 0 aliphatic carbocycles. The van der Waals surface area contributed by atoms with Crippen LogP contribution >= 0.6 is 0 Å². The Morgan fingerprint density at radius 1 is 0.952 bits per heavy atom. The van der Waals surface area contributed by atoms with E-state index in [1.807, 2.05) is 30.3 Å². The minimum Gasteiger partial charge on any atom is -0.491 e. The number of ether oxygens (including phenoxy) is 2. The number of benzene rings is 1. The van der Waals surface area contributed by atoms with Crippen LogP contribution in [0.2, 0.25) is 0 Å². The van der Waals surface area contributed by atoms with Gasteiger partial charge in [-0.1, -0.05) is 66.2 Å². The molecular formula is C19H32O2. The molecular weight excluding hydrogens is 260 g/mol. The fraction of sp³-hybridized carbons (Fsp3) is 0.684. The maximum atomic E-state index is 6.14. The fourth-order valence-corrected chi connectivity index (χ4v) is 2.13. The van der Waals surface area contributed by atoms with E-state index in [2.05, 4.69) is 41.5 Å². The van der Waals surface area contributed by atoms with E-state index in [9.17, 15) is 0 Å². The highest BCUT2D eigenvalue weighted by atomic mass is 16.5. The molecule has 1 aromatic carbocycles. The molecule has 0 heterocycles. The average Bonchev–Trinajstić information content (AvgIpc) is 2.42. The molecule has 0 bridgehead atoms. The average molecular weight is 292 g/mol. The van der Waals surface area contributed by atoms with Crippen LogP contribution in [0.4, 0.5) is 0 Å². The van der Waals surface area contributed by atoms with Crippen molar-refractivity contribution in [3.8, 4) is 5.75 Å². The van der Waals surface area contributed by atoms with Gasteiger partial charge < -0.3 is 9.47 Å². The molecule has 0 radical (unpaired) electrons. The normalized spacial score (nSPS) is 14.0. The molecule has 2 nitrogen and oxygen atoms in total. The largest absolute Gasteiger partial charge is 0.491 e.